The fourth-order valence-corrected chi connectivity index (χ4v) is 0.962. The van der Waals surface area contributed by atoms with Crippen LogP contribution >= 0.6 is 0 Å². The Kier molecular flexibility index (Phi) is 3.12. The van der Waals surface area contributed by atoms with Crippen molar-refractivity contribution in [3.63, 3.8) is 0 Å². The second kappa shape index (κ2) is 4.13. The first-order chi connectivity index (χ1) is 6.54. The van der Waals surface area contributed by atoms with Gasteiger partial charge in [-0.25, -0.2) is 0 Å². The molecule has 0 nitrogen and oxygen atoms in total. The van der Waals surface area contributed by atoms with Crippen molar-refractivity contribution in [3.8, 4) is 0 Å². The Morgan fingerprint density at radius 3 is 2.07 bits per heavy atom. The van der Waals surface area contributed by atoms with Crippen LogP contribution < -0.4 is 0 Å². The molecule has 1 aromatic carbocycles. The third-order valence-corrected chi connectivity index (χ3v) is 1.66. The monoisotopic (exact) mass is 198 g/mol. The lowest BCUT2D eigenvalue weighted by Gasteiger charge is -2.05. The van der Waals surface area contributed by atoms with E-state index in [9.17, 15) is 13.2 Å². The van der Waals surface area contributed by atoms with Crippen LogP contribution in [0.1, 0.15) is 11.1 Å². The van der Waals surface area contributed by atoms with Gasteiger partial charge in [-0.3, -0.25) is 0 Å². The molecule has 1 aromatic rings. The molecule has 0 heterocycles. The Morgan fingerprint density at radius 1 is 1.07 bits per heavy atom. The predicted molar refractivity (Wildman–Crippen MR) is 50.7 cm³/mol. The Balaban J connectivity index is 2.89. The quantitative estimate of drug-likeness (QED) is 0.632. The summed E-state index contributed by atoms with van der Waals surface area (Å²) in [7, 11) is 0. The van der Waals surface area contributed by atoms with Crippen molar-refractivity contribution in [3.05, 3.63) is 54.1 Å². The Labute approximate surface area is 80.4 Å². The van der Waals surface area contributed by atoms with E-state index >= 15 is 0 Å². The van der Waals surface area contributed by atoms with E-state index in [1.54, 1.807) is 18.2 Å². The molecule has 0 aromatic heterocycles. The molecule has 0 atom stereocenters. The van der Waals surface area contributed by atoms with Crippen LogP contribution in [0.15, 0.2) is 43.0 Å². The molecule has 0 amide bonds. The predicted octanol–water partition coefficient (Wildman–Crippen LogP) is 3.90. The van der Waals surface area contributed by atoms with Gasteiger partial charge in [-0.2, -0.15) is 13.2 Å². The molecule has 0 aliphatic rings. The van der Waals surface area contributed by atoms with Gasteiger partial charge in [0, 0.05) is 0 Å². The number of halogens is 3. The molecule has 0 fully saturated rings. The number of rotatable bonds is 2. The molecular formula is C11H9F3. The molecule has 74 valence electrons. The van der Waals surface area contributed by atoms with E-state index in [0.29, 0.717) is 0 Å². The highest BCUT2D eigenvalue weighted by atomic mass is 19.4. The second-order valence-electron chi connectivity index (χ2n) is 2.71. The summed E-state index contributed by atoms with van der Waals surface area (Å²) in [4.78, 5) is 0. The molecule has 14 heavy (non-hydrogen) atoms. The van der Waals surface area contributed by atoms with Crippen LogP contribution in [0.5, 0.6) is 0 Å². The first kappa shape index (κ1) is 10.6. The third-order valence-electron chi connectivity index (χ3n) is 1.66. The Bertz CT molecular complexity index is 331. The lowest BCUT2D eigenvalue weighted by Crippen LogP contribution is -2.03. The van der Waals surface area contributed by atoms with Gasteiger partial charge in [0.2, 0.25) is 0 Å². The van der Waals surface area contributed by atoms with E-state index in [4.69, 9.17) is 0 Å². The SMILES string of the molecule is C=CC=Cc1ccc(C(F)(F)F)cc1. The molecular weight excluding hydrogens is 189 g/mol. The second-order valence-corrected chi connectivity index (χ2v) is 2.71. The first-order valence-corrected chi connectivity index (χ1v) is 4.00. The molecule has 0 saturated carbocycles. The van der Waals surface area contributed by atoms with E-state index in [-0.39, 0.29) is 0 Å². The van der Waals surface area contributed by atoms with Gasteiger partial charge in [0.05, 0.1) is 5.56 Å². The van der Waals surface area contributed by atoms with Gasteiger partial charge in [0.15, 0.2) is 0 Å². The molecule has 0 aliphatic heterocycles. The molecule has 0 unspecified atom stereocenters. The summed E-state index contributed by atoms with van der Waals surface area (Å²) in [6.45, 7) is 3.47. The molecule has 0 aliphatic carbocycles. The highest BCUT2D eigenvalue weighted by Crippen LogP contribution is 2.29. The number of alkyl halides is 3. The summed E-state index contributed by atoms with van der Waals surface area (Å²) in [5.74, 6) is 0. The molecule has 0 spiro atoms. The first-order valence-electron chi connectivity index (χ1n) is 4.00. The average Bonchev–Trinajstić information content (AvgIpc) is 2.14. The molecule has 3 heteroatoms. The van der Waals surface area contributed by atoms with Crippen LogP contribution in [-0.4, -0.2) is 0 Å². The van der Waals surface area contributed by atoms with Crippen molar-refractivity contribution >= 4 is 6.08 Å². The van der Waals surface area contributed by atoms with E-state index in [1.807, 2.05) is 0 Å². The number of hydrogen-bond donors (Lipinski definition) is 0. The van der Waals surface area contributed by atoms with Crippen molar-refractivity contribution in [2.24, 2.45) is 0 Å². The van der Waals surface area contributed by atoms with Crippen LogP contribution in [-0.2, 0) is 6.18 Å². The van der Waals surface area contributed by atoms with Gasteiger partial charge in [-0.15, -0.1) is 0 Å². The Hall–Kier alpha value is -1.51. The normalized spacial score (nSPS) is 11.9. The zero-order valence-corrected chi connectivity index (χ0v) is 7.38. The number of hydrogen-bond acceptors (Lipinski definition) is 0. The lowest BCUT2D eigenvalue weighted by molar-refractivity contribution is -0.137. The van der Waals surface area contributed by atoms with Crippen LogP contribution in [0.2, 0.25) is 0 Å². The van der Waals surface area contributed by atoms with Crippen molar-refractivity contribution in [1.82, 2.24) is 0 Å². The number of benzene rings is 1. The Morgan fingerprint density at radius 2 is 1.64 bits per heavy atom. The molecule has 0 radical (unpaired) electrons. The topological polar surface area (TPSA) is 0 Å². The van der Waals surface area contributed by atoms with E-state index in [0.717, 1.165) is 17.7 Å². The highest BCUT2D eigenvalue weighted by molar-refractivity contribution is 5.51. The fraction of sp³-hybridized carbons (Fsp3) is 0.0909. The average molecular weight is 198 g/mol. The van der Waals surface area contributed by atoms with E-state index < -0.39 is 11.7 Å². The van der Waals surface area contributed by atoms with Crippen LogP contribution in [0.25, 0.3) is 6.08 Å². The van der Waals surface area contributed by atoms with Crippen molar-refractivity contribution in [2.45, 2.75) is 6.18 Å². The van der Waals surface area contributed by atoms with E-state index in [2.05, 4.69) is 6.58 Å². The maximum absolute atomic E-state index is 12.1. The van der Waals surface area contributed by atoms with Crippen molar-refractivity contribution < 1.29 is 13.2 Å². The maximum Gasteiger partial charge on any atom is 0.416 e. The van der Waals surface area contributed by atoms with Crippen LogP contribution in [0.3, 0.4) is 0 Å². The summed E-state index contributed by atoms with van der Waals surface area (Å²) in [6, 6.07) is 4.96. The third kappa shape index (κ3) is 2.76. The summed E-state index contributed by atoms with van der Waals surface area (Å²) in [6.07, 6.45) is 0.661. The van der Waals surface area contributed by atoms with Gasteiger partial charge in [-0.05, 0) is 17.7 Å². The smallest absolute Gasteiger partial charge is 0.166 e. The highest BCUT2D eigenvalue weighted by Gasteiger charge is 2.29. The van der Waals surface area contributed by atoms with Crippen LogP contribution in [0.4, 0.5) is 13.2 Å². The van der Waals surface area contributed by atoms with Gasteiger partial charge in [0.25, 0.3) is 0 Å². The minimum atomic E-state index is -4.26. The summed E-state index contributed by atoms with van der Waals surface area (Å²) < 4.78 is 36.4. The molecule has 1 rings (SSSR count). The minimum Gasteiger partial charge on any atom is -0.166 e. The standard InChI is InChI=1S/C11H9F3/c1-2-3-4-9-5-7-10(8-6-9)11(12,13)14/h2-8H,1H2. The number of allylic oxidation sites excluding steroid dienone is 2. The zero-order chi connectivity index (χ0) is 10.6. The lowest BCUT2D eigenvalue weighted by atomic mass is 10.1. The molecule has 0 bridgehead atoms. The van der Waals surface area contributed by atoms with Gasteiger partial charge >= 0.3 is 6.18 Å². The van der Waals surface area contributed by atoms with Crippen molar-refractivity contribution in [1.29, 1.82) is 0 Å². The van der Waals surface area contributed by atoms with Crippen molar-refractivity contribution in [2.75, 3.05) is 0 Å². The summed E-state index contributed by atoms with van der Waals surface area (Å²) >= 11 is 0. The summed E-state index contributed by atoms with van der Waals surface area (Å²) in [5.41, 5.74) is 0.0890. The van der Waals surface area contributed by atoms with Gasteiger partial charge in [-0.1, -0.05) is 36.9 Å². The summed E-state index contributed by atoms with van der Waals surface area (Å²) in [5, 5.41) is 0. The van der Waals surface area contributed by atoms with E-state index in [1.165, 1.54) is 12.1 Å². The van der Waals surface area contributed by atoms with Gasteiger partial charge < -0.3 is 0 Å². The minimum absolute atomic E-state index is 0.631. The largest absolute Gasteiger partial charge is 0.416 e. The molecule has 0 N–H and O–H groups in total. The zero-order valence-electron chi connectivity index (χ0n) is 7.38. The fourth-order valence-electron chi connectivity index (χ4n) is 0.962. The molecule has 0 saturated heterocycles. The van der Waals surface area contributed by atoms with Gasteiger partial charge in [0.1, 0.15) is 0 Å². The van der Waals surface area contributed by atoms with Crippen LogP contribution in [0, 0.1) is 0 Å². The maximum atomic E-state index is 12.1.